The molecule has 2 fully saturated rings. The minimum absolute atomic E-state index is 0.0116. The molecule has 1 aromatic heterocycles. The maximum Gasteiger partial charge on any atom is 0.496 e. The van der Waals surface area contributed by atoms with Gasteiger partial charge in [0.15, 0.2) is 5.43 Å². The normalized spacial score (nSPS) is 19.9. The smallest absolute Gasteiger partial charge is 0.440 e. The summed E-state index contributed by atoms with van der Waals surface area (Å²) in [4.78, 5) is 15.6. The van der Waals surface area contributed by atoms with Gasteiger partial charge in [-0.1, -0.05) is 24.3 Å². The van der Waals surface area contributed by atoms with E-state index in [1.807, 2.05) is 44.2 Å². The van der Waals surface area contributed by atoms with Gasteiger partial charge in [-0.05, 0) is 66.2 Å². The van der Waals surface area contributed by atoms with Gasteiger partial charge < -0.3 is 28.7 Å². The standard InChI is InChI=1S/C29H37BN2O5/c1-18-16-21(26-22(17-18)25(33)19(2)27(35-26)32-12-14-34-15-13-32)20(3)31-24-11-9-8-10-23(24)30-36-28(4,5)29(6,7)37-30/h8-11,16-17,20,31H,12-15H2,1-7H3. The number of aryl methyl sites for hydroxylation is 1. The number of morpholine rings is 1. The highest BCUT2D eigenvalue weighted by Crippen LogP contribution is 2.37. The molecule has 5 rings (SSSR count). The van der Waals surface area contributed by atoms with Crippen LogP contribution in [0, 0.1) is 13.8 Å². The highest BCUT2D eigenvalue weighted by Gasteiger charge is 2.52. The zero-order valence-corrected chi connectivity index (χ0v) is 22.9. The predicted molar refractivity (Wildman–Crippen MR) is 149 cm³/mol. The predicted octanol–water partition coefficient (Wildman–Crippen LogP) is 4.72. The molecule has 2 aliphatic rings. The third kappa shape index (κ3) is 4.67. The summed E-state index contributed by atoms with van der Waals surface area (Å²) >= 11 is 0. The molecule has 2 aromatic carbocycles. The zero-order chi connectivity index (χ0) is 26.5. The monoisotopic (exact) mass is 504 g/mol. The molecule has 3 heterocycles. The number of ether oxygens (including phenoxy) is 1. The molecule has 37 heavy (non-hydrogen) atoms. The summed E-state index contributed by atoms with van der Waals surface area (Å²) in [5, 5.41) is 4.26. The van der Waals surface area contributed by atoms with E-state index >= 15 is 0 Å². The fourth-order valence-corrected chi connectivity index (χ4v) is 5.06. The summed E-state index contributed by atoms with van der Waals surface area (Å²) in [7, 11) is -0.483. The van der Waals surface area contributed by atoms with Crippen molar-refractivity contribution in [3.8, 4) is 0 Å². The number of nitrogens with zero attached hydrogens (tertiary/aromatic N) is 1. The van der Waals surface area contributed by atoms with Gasteiger partial charge in [0.1, 0.15) is 5.58 Å². The van der Waals surface area contributed by atoms with E-state index in [9.17, 15) is 4.79 Å². The zero-order valence-electron chi connectivity index (χ0n) is 22.9. The Morgan fingerprint density at radius 1 is 1.00 bits per heavy atom. The molecular formula is C29H37BN2O5. The van der Waals surface area contributed by atoms with Gasteiger partial charge >= 0.3 is 7.12 Å². The van der Waals surface area contributed by atoms with Gasteiger partial charge in [0, 0.05) is 29.8 Å². The molecule has 8 heteroatoms. The Balaban J connectivity index is 1.53. The fraction of sp³-hybridized carbons (Fsp3) is 0.483. The van der Waals surface area contributed by atoms with Crippen LogP contribution < -0.4 is 21.1 Å². The summed E-state index contributed by atoms with van der Waals surface area (Å²) < 4.78 is 24.7. The first-order valence-corrected chi connectivity index (χ1v) is 13.1. The van der Waals surface area contributed by atoms with Crippen LogP contribution in [-0.2, 0) is 14.0 Å². The first-order chi connectivity index (χ1) is 17.5. The molecule has 196 valence electrons. The van der Waals surface area contributed by atoms with Crippen LogP contribution in [0.4, 0.5) is 11.6 Å². The van der Waals surface area contributed by atoms with Crippen molar-refractivity contribution < 1.29 is 18.5 Å². The Hall–Kier alpha value is -2.81. The highest BCUT2D eigenvalue weighted by molar-refractivity contribution is 6.64. The Kier molecular flexibility index (Phi) is 6.63. The lowest BCUT2D eigenvalue weighted by Crippen LogP contribution is -2.41. The molecule has 1 unspecified atom stereocenters. The van der Waals surface area contributed by atoms with Crippen molar-refractivity contribution in [2.75, 3.05) is 36.5 Å². The molecule has 0 aliphatic carbocycles. The summed E-state index contributed by atoms with van der Waals surface area (Å²) in [6.45, 7) is 16.8. The van der Waals surface area contributed by atoms with Crippen molar-refractivity contribution in [3.63, 3.8) is 0 Å². The second-order valence-corrected chi connectivity index (χ2v) is 11.2. The van der Waals surface area contributed by atoms with Crippen molar-refractivity contribution in [2.45, 2.75) is 65.7 Å². The van der Waals surface area contributed by atoms with E-state index in [1.54, 1.807) is 0 Å². The minimum atomic E-state index is -0.483. The number of rotatable bonds is 5. The van der Waals surface area contributed by atoms with Gasteiger partial charge in [-0.3, -0.25) is 4.79 Å². The quantitative estimate of drug-likeness (QED) is 0.504. The molecule has 1 atom stereocenters. The van der Waals surface area contributed by atoms with E-state index in [4.69, 9.17) is 18.5 Å². The van der Waals surface area contributed by atoms with Gasteiger partial charge in [-0.25, -0.2) is 0 Å². The molecule has 1 N–H and O–H groups in total. The number of nitrogens with one attached hydrogen (secondary N) is 1. The van der Waals surface area contributed by atoms with Gasteiger partial charge in [0.2, 0.25) is 5.88 Å². The number of fused-ring (bicyclic) bond motifs is 1. The molecule has 0 saturated carbocycles. The average molecular weight is 504 g/mol. The lowest BCUT2D eigenvalue weighted by atomic mass is 9.77. The lowest BCUT2D eigenvalue weighted by Gasteiger charge is -2.32. The largest absolute Gasteiger partial charge is 0.496 e. The Bertz CT molecular complexity index is 1360. The molecule has 0 amide bonds. The van der Waals surface area contributed by atoms with Gasteiger partial charge in [-0.15, -0.1) is 0 Å². The summed E-state index contributed by atoms with van der Waals surface area (Å²) in [6.07, 6.45) is 0. The lowest BCUT2D eigenvalue weighted by molar-refractivity contribution is 0.00578. The van der Waals surface area contributed by atoms with Crippen LogP contribution >= 0.6 is 0 Å². The minimum Gasteiger partial charge on any atom is -0.440 e. The summed E-state index contributed by atoms with van der Waals surface area (Å²) in [6, 6.07) is 11.9. The fourth-order valence-electron chi connectivity index (χ4n) is 5.06. The SMILES string of the molecule is Cc1cc(C(C)Nc2ccccc2B2OC(C)(C)C(C)(C)O2)c2oc(N3CCOCC3)c(C)c(=O)c2c1. The van der Waals surface area contributed by atoms with E-state index in [0.717, 1.165) is 22.3 Å². The molecule has 3 aromatic rings. The third-order valence-corrected chi connectivity index (χ3v) is 7.97. The first-order valence-electron chi connectivity index (χ1n) is 13.1. The van der Waals surface area contributed by atoms with Crippen LogP contribution in [0.15, 0.2) is 45.6 Å². The van der Waals surface area contributed by atoms with Crippen molar-refractivity contribution >= 4 is 35.1 Å². The van der Waals surface area contributed by atoms with Gasteiger partial charge in [-0.2, -0.15) is 0 Å². The average Bonchev–Trinajstić information content (AvgIpc) is 3.08. The molecule has 0 radical (unpaired) electrons. The van der Waals surface area contributed by atoms with E-state index in [-0.39, 0.29) is 11.5 Å². The second-order valence-electron chi connectivity index (χ2n) is 11.2. The van der Waals surface area contributed by atoms with Crippen molar-refractivity contribution in [3.05, 3.63) is 63.3 Å². The molecule has 2 saturated heterocycles. The van der Waals surface area contributed by atoms with E-state index in [0.29, 0.717) is 48.7 Å². The number of hydrogen-bond donors (Lipinski definition) is 1. The maximum absolute atomic E-state index is 13.5. The van der Waals surface area contributed by atoms with Crippen LogP contribution in [0.2, 0.25) is 0 Å². The van der Waals surface area contributed by atoms with Crippen LogP contribution in [0.1, 0.15) is 57.4 Å². The Labute approximate surface area is 219 Å². The maximum atomic E-state index is 13.5. The highest BCUT2D eigenvalue weighted by atomic mass is 16.7. The third-order valence-electron chi connectivity index (χ3n) is 7.97. The summed E-state index contributed by atoms with van der Waals surface area (Å²) in [5.74, 6) is 0.635. The second kappa shape index (κ2) is 9.50. The van der Waals surface area contributed by atoms with E-state index in [2.05, 4.69) is 50.9 Å². The molecule has 7 nitrogen and oxygen atoms in total. The van der Waals surface area contributed by atoms with Crippen LogP contribution in [-0.4, -0.2) is 44.6 Å². The number of anilines is 2. The number of para-hydroxylation sites is 1. The molecule has 0 spiro atoms. The van der Waals surface area contributed by atoms with Crippen molar-refractivity contribution in [2.24, 2.45) is 0 Å². The van der Waals surface area contributed by atoms with E-state index in [1.165, 1.54) is 0 Å². The van der Waals surface area contributed by atoms with Crippen LogP contribution in [0.5, 0.6) is 0 Å². The number of benzene rings is 2. The van der Waals surface area contributed by atoms with Crippen molar-refractivity contribution in [1.82, 2.24) is 0 Å². The Morgan fingerprint density at radius 3 is 2.32 bits per heavy atom. The molecule has 2 aliphatic heterocycles. The van der Waals surface area contributed by atoms with Gasteiger partial charge in [0.25, 0.3) is 0 Å². The van der Waals surface area contributed by atoms with E-state index < -0.39 is 18.3 Å². The summed E-state index contributed by atoms with van der Waals surface area (Å²) in [5.41, 5.74) is 4.22. The molecule has 0 bridgehead atoms. The number of hydrogen-bond acceptors (Lipinski definition) is 7. The Morgan fingerprint density at radius 2 is 1.65 bits per heavy atom. The van der Waals surface area contributed by atoms with Crippen LogP contribution in [0.25, 0.3) is 11.0 Å². The van der Waals surface area contributed by atoms with Crippen LogP contribution in [0.3, 0.4) is 0 Å². The first kappa shape index (κ1) is 25.8. The van der Waals surface area contributed by atoms with Crippen molar-refractivity contribution in [1.29, 1.82) is 0 Å². The molecular weight excluding hydrogens is 467 g/mol. The van der Waals surface area contributed by atoms with Gasteiger partial charge in [0.05, 0.1) is 41.4 Å². The topological polar surface area (TPSA) is 73.2 Å².